The van der Waals surface area contributed by atoms with Crippen LogP contribution in [0.25, 0.3) is 27.8 Å². The van der Waals surface area contributed by atoms with Gasteiger partial charge in [0.15, 0.2) is 0 Å². The molecule has 4 rings (SSSR count). The molecule has 0 aliphatic carbocycles. The number of benzene rings is 2. The van der Waals surface area contributed by atoms with Gasteiger partial charge in [-0.3, -0.25) is 9.55 Å². The molecule has 25 heavy (non-hydrogen) atoms. The lowest BCUT2D eigenvalue weighted by Gasteiger charge is -2.13. The van der Waals surface area contributed by atoms with Crippen molar-refractivity contribution in [1.82, 2.24) is 14.5 Å². The first-order valence-corrected chi connectivity index (χ1v) is 7.58. The Labute approximate surface area is 141 Å². The number of imidazole rings is 1. The van der Waals surface area contributed by atoms with Crippen molar-refractivity contribution in [3.63, 3.8) is 0 Å². The minimum absolute atomic E-state index is 0.289. The molecule has 4 aromatic rings. The molecule has 0 saturated heterocycles. The zero-order valence-electron chi connectivity index (χ0n) is 12.9. The van der Waals surface area contributed by atoms with Crippen molar-refractivity contribution in [2.24, 2.45) is 0 Å². The van der Waals surface area contributed by atoms with Crippen LogP contribution in [0.3, 0.4) is 0 Å². The number of pyridine rings is 1. The monoisotopic (exact) mass is 339 g/mol. The number of alkyl halides is 3. The standard InChI is InChI=1S/C19H12F3N3/c20-19(21,22)14-9-16(13-5-4-8-23-11-13)18-17(10-14)24-12-25(18)15-6-2-1-3-7-15/h1-12H. The van der Waals surface area contributed by atoms with E-state index in [4.69, 9.17) is 0 Å². The summed E-state index contributed by atoms with van der Waals surface area (Å²) in [4.78, 5) is 8.23. The Morgan fingerprint density at radius 2 is 1.72 bits per heavy atom. The molecule has 0 N–H and O–H groups in total. The van der Waals surface area contributed by atoms with Crippen molar-refractivity contribution in [3.8, 4) is 16.8 Å². The third kappa shape index (κ3) is 2.76. The molecule has 0 bridgehead atoms. The fourth-order valence-corrected chi connectivity index (χ4v) is 2.84. The largest absolute Gasteiger partial charge is 0.416 e. The van der Waals surface area contributed by atoms with Gasteiger partial charge in [0.05, 0.1) is 16.6 Å². The van der Waals surface area contributed by atoms with Gasteiger partial charge >= 0.3 is 6.18 Å². The summed E-state index contributed by atoms with van der Waals surface area (Å²) in [6.07, 6.45) is 0.238. The summed E-state index contributed by atoms with van der Waals surface area (Å²) in [5, 5.41) is 0. The molecular formula is C19H12F3N3. The molecule has 0 unspecified atom stereocenters. The lowest BCUT2D eigenvalue weighted by molar-refractivity contribution is -0.137. The molecule has 2 heterocycles. The van der Waals surface area contributed by atoms with Crippen LogP contribution in [-0.2, 0) is 6.18 Å². The number of hydrogen-bond donors (Lipinski definition) is 0. The number of para-hydroxylation sites is 1. The summed E-state index contributed by atoms with van der Waals surface area (Å²) in [5.41, 5.74) is 2.06. The molecule has 6 heteroatoms. The second-order valence-corrected chi connectivity index (χ2v) is 5.58. The molecule has 3 nitrogen and oxygen atoms in total. The Morgan fingerprint density at radius 3 is 2.40 bits per heavy atom. The van der Waals surface area contributed by atoms with Gasteiger partial charge in [-0.15, -0.1) is 0 Å². The zero-order valence-corrected chi connectivity index (χ0v) is 12.9. The fraction of sp³-hybridized carbons (Fsp3) is 0.0526. The third-order valence-electron chi connectivity index (χ3n) is 3.98. The molecule has 0 spiro atoms. The zero-order chi connectivity index (χ0) is 17.4. The van der Waals surface area contributed by atoms with Crippen LogP contribution >= 0.6 is 0 Å². The summed E-state index contributed by atoms with van der Waals surface area (Å²) in [6.45, 7) is 0. The predicted molar refractivity (Wildman–Crippen MR) is 89.3 cm³/mol. The highest BCUT2D eigenvalue weighted by Gasteiger charge is 2.32. The highest BCUT2D eigenvalue weighted by molar-refractivity contribution is 5.94. The van der Waals surface area contributed by atoms with Gasteiger partial charge in [0.1, 0.15) is 6.33 Å². The van der Waals surface area contributed by atoms with Gasteiger partial charge in [-0.1, -0.05) is 24.3 Å². The highest BCUT2D eigenvalue weighted by Crippen LogP contribution is 2.37. The summed E-state index contributed by atoms with van der Waals surface area (Å²) < 4.78 is 41.7. The predicted octanol–water partition coefficient (Wildman–Crippen LogP) is 5.11. The van der Waals surface area contributed by atoms with Gasteiger partial charge in [-0.2, -0.15) is 13.2 Å². The van der Waals surface area contributed by atoms with Crippen LogP contribution in [0.15, 0.2) is 73.3 Å². The molecule has 2 aromatic carbocycles. The van der Waals surface area contributed by atoms with E-state index in [2.05, 4.69) is 9.97 Å². The minimum Gasteiger partial charge on any atom is -0.298 e. The lowest BCUT2D eigenvalue weighted by Crippen LogP contribution is -2.05. The van der Waals surface area contributed by atoms with Crippen LogP contribution < -0.4 is 0 Å². The van der Waals surface area contributed by atoms with E-state index in [9.17, 15) is 13.2 Å². The number of aromatic nitrogens is 3. The van der Waals surface area contributed by atoms with Crippen molar-refractivity contribution in [2.75, 3.05) is 0 Å². The first kappa shape index (κ1) is 15.4. The van der Waals surface area contributed by atoms with E-state index in [0.29, 0.717) is 16.6 Å². The second kappa shape index (κ2) is 5.73. The number of fused-ring (bicyclic) bond motifs is 1. The Hall–Kier alpha value is -3.15. The maximum atomic E-state index is 13.3. The van der Waals surface area contributed by atoms with Gasteiger partial charge in [-0.05, 0) is 30.3 Å². The number of halogens is 3. The van der Waals surface area contributed by atoms with Crippen LogP contribution in [0.4, 0.5) is 13.2 Å². The molecule has 0 amide bonds. The maximum Gasteiger partial charge on any atom is 0.416 e. The Bertz CT molecular complexity index is 1020. The third-order valence-corrected chi connectivity index (χ3v) is 3.98. The average Bonchev–Trinajstić information content (AvgIpc) is 3.06. The molecule has 124 valence electrons. The smallest absolute Gasteiger partial charge is 0.298 e. The first-order valence-electron chi connectivity index (χ1n) is 7.58. The van der Waals surface area contributed by atoms with Crippen LogP contribution in [0.2, 0.25) is 0 Å². The number of nitrogens with zero attached hydrogens (tertiary/aromatic N) is 3. The minimum atomic E-state index is -4.44. The van der Waals surface area contributed by atoms with Gasteiger partial charge in [-0.25, -0.2) is 4.98 Å². The Kier molecular flexibility index (Phi) is 3.53. The van der Waals surface area contributed by atoms with Crippen molar-refractivity contribution in [1.29, 1.82) is 0 Å². The van der Waals surface area contributed by atoms with E-state index in [-0.39, 0.29) is 5.52 Å². The number of hydrogen-bond acceptors (Lipinski definition) is 2. The lowest BCUT2D eigenvalue weighted by atomic mass is 10.0. The van der Waals surface area contributed by atoms with Gasteiger partial charge in [0.2, 0.25) is 0 Å². The van der Waals surface area contributed by atoms with Crippen molar-refractivity contribution in [3.05, 3.63) is 78.9 Å². The van der Waals surface area contributed by atoms with Crippen LogP contribution in [-0.4, -0.2) is 14.5 Å². The van der Waals surface area contributed by atoms with Gasteiger partial charge < -0.3 is 0 Å². The maximum absolute atomic E-state index is 13.3. The molecule has 0 aliphatic rings. The van der Waals surface area contributed by atoms with Crippen LogP contribution in [0.5, 0.6) is 0 Å². The summed E-state index contributed by atoms with van der Waals surface area (Å²) in [5.74, 6) is 0. The topological polar surface area (TPSA) is 30.7 Å². The van der Waals surface area contributed by atoms with Crippen molar-refractivity contribution < 1.29 is 13.2 Å². The quantitative estimate of drug-likeness (QED) is 0.508. The molecule has 0 radical (unpaired) electrons. The van der Waals surface area contributed by atoms with Crippen LogP contribution in [0.1, 0.15) is 5.56 Å². The van der Waals surface area contributed by atoms with Gasteiger partial charge in [0, 0.05) is 29.2 Å². The number of rotatable bonds is 2. The summed E-state index contributed by atoms with van der Waals surface area (Å²) in [7, 11) is 0. The molecule has 0 aliphatic heterocycles. The molecule has 2 aromatic heterocycles. The summed E-state index contributed by atoms with van der Waals surface area (Å²) >= 11 is 0. The van der Waals surface area contributed by atoms with E-state index in [1.54, 1.807) is 35.4 Å². The van der Waals surface area contributed by atoms with E-state index < -0.39 is 11.7 Å². The fourth-order valence-electron chi connectivity index (χ4n) is 2.84. The van der Waals surface area contributed by atoms with Crippen molar-refractivity contribution >= 4 is 11.0 Å². The second-order valence-electron chi connectivity index (χ2n) is 5.58. The van der Waals surface area contributed by atoms with E-state index in [1.807, 2.05) is 30.3 Å². The van der Waals surface area contributed by atoms with E-state index in [1.165, 1.54) is 0 Å². The molecule has 0 atom stereocenters. The summed E-state index contributed by atoms with van der Waals surface area (Å²) in [6, 6.07) is 15.1. The molecular weight excluding hydrogens is 327 g/mol. The molecule has 0 saturated carbocycles. The van der Waals surface area contributed by atoms with Crippen molar-refractivity contribution in [2.45, 2.75) is 6.18 Å². The SMILES string of the molecule is FC(F)(F)c1cc(-c2cccnc2)c2c(c1)ncn2-c1ccccc1. The first-order chi connectivity index (χ1) is 12.0. The van der Waals surface area contributed by atoms with E-state index >= 15 is 0 Å². The van der Waals surface area contributed by atoms with E-state index in [0.717, 1.165) is 17.8 Å². The van der Waals surface area contributed by atoms with Crippen LogP contribution in [0, 0.1) is 0 Å². The average molecular weight is 339 g/mol. The Balaban J connectivity index is 2.06. The molecule has 0 fully saturated rings. The van der Waals surface area contributed by atoms with Gasteiger partial charge in [0.25, 0.3) is 0 Å². The highest BCUT2D eigenvalue weighted by atomic mass is 19.4. The normalized spacial score (nSPS) is 11.8. The Morgan fingerprint density at radius 1 is 0.920 bits per heavy atom.